The summed E-state index contributed by atoms with van der Waals surface area (Å²) in [5.74, 6) is -1.56. The molecule has 402 valence electrons. The summed E-state index contributed by atoms with van der Waals surface area (Å²) in [6.07, 6.45) is 4.02. The van der Waals surface area contributed by atoms with Crippen LogP contribution >= 0.6 is 0 Å². The first kappa shape index (κ1) is 56.3. The molecule has 0 saturated carbocycles. The summed E-state index contributed by atoms with van der Waals surface area (Å²) < 4.78 is 74.1. The first-order chi connectivity index (χ1) is 36.3. The van der Waals surface area contributed by atoms with Crippen LogP contribution in [0.5, 0.6) is 5.75 Å². The molecule has 0 bridgehead atoms. The lowest BCUT2D eigenvalue weighted by molar-refractivity contribution is -0.142. The molecule has 1 aliphatic rings. The number of fused-ring (bicyclic) bond motifs is 1. The van der Waals surface area contributed by atoms with Gasteiger partial charge in [0, 0.05) is 75.8 Å². The fourth-order valence-electron chi connectivity index (χ4n) is 9.62. The van der Waals surface area contributed by atoms with Crippen LogP contribution in [0.3, 0.4) is 0 Å². The lowest BCUT2D eigenvalue weighted by atomic mass is 9.76. The molecule has 2 heterocycles. The highest BCUT2D eigenvalue weighted by molar-refractivity contribution is 7.89. The number of benzene rings is 5. The van der Waals surface area contributed by atoms with Gasteiger partial charge in [-0.25, -0.2) is 13.4 Å². The van der Waals surface area contributed by atoms with E-state index < -0.39 is 68.0 Å². The number of likely N-dealkylation sites (N-methyl/N-ethyl adjacent to an activating group) is 1. The number of nitrogens with one attached hydrogen (secondary N) is 5. The SMILES string of the molecule is COC(=O)[C@H](CNC(=O)C1CC(=O)c2ccc(CNc3nccn3C(c3ccccc3)(c3ccccc3)c3ccccc3)cc2N1C)NS(=O)(=O)c1c(C)cc(OCCCC(=O)NCCN[C@H](C)CS(=O)(=O)O)cc1C. The summed E-state index contributed by atoms with van der Waals surface area (Å²) in [6, 6.07) is 36.2. The lowest BCUT2D eigenvalue weighted by Crippen LogP contribution is -2.54. The summed E-state index contributed by atoms with van der Waals surface area (Å²) in [6.45, 7) is 5.24. The first-order valence-corrected chi connectivity index (χ1v) is 27.8. The number of Topliss-reactive ketones (excluding diaryl/α,β-unsaturated/α-hetero) is 1. The molecule has 19 nitrogen and oxygen atoms in total. The number of carbonyl (C=O) groups excluding carboxylic acids is 4. The number of aromatic nitrogens is 2. The fourth-order valence-corrected chi connectivity index (χ4v) is 12.0. The molecule has 1 aromatic heterocycles. The van der Waals surface area contributed by atoms with Gasteiger partial charge in [0.25, 0.3) is 10.1 Å². The van der Waals surface area contributed by atoms with Gasteiger partial charge in [-0.15, -0.1) is 0 Å². The second-order valence-electron chi connectivity index (χ2n) is 18.6. The van der Waals surface area contributed by atoms with E-state index in [9.17, 15) is 36.0 Å². The summed E-state index contributed by atoms with van der Waals surface area (Å²) in [7, 11) is -5.72. The molecule has 0 spiro atoms. The number of aryl methyl sites for hydroxylation is 2. The molecule has 21 heteroatoms. The Bertz CT molecular complexity index is 3110. The Morgan fingerprint density at radius 1 is 0.842 bits per heavy atom. The Hall–Kier alpha value is -7.43. The molecule has 76 heavy (non-hydrogen) atoms. The zero-order valence-corrected chi connectivity index (χ0v) is 44.6. The Balaban J connectivity index is 0.978. The van der Waals surface area contributed by atoms with Crippen molar-refractivity contribution in [1.29, 1.82) is 0 Å². The van der Waals surface area contributed by atoms with E-state index in [-0.39, 0.29) is 42.6 Å². The number of carbonyl (C=O) groups is 4. The van der Waals surface area contributed by atoms with Crippen LogP contribution in [0.4, 0.5) is 11.6 Å². The van der Waals surface area contributed by atoms with E-state index in [1.807, 2.05) is 72.9 Å². The maximum Gasteiger partial charge on any atom is 0.325 e. The molecule has 0 saturated heterocycles. The van der Waals surface area contributed by atoms with Crippen molar-refractivity contribution < 1.29 is 50.0 Å². The Morgan fingerprint density at radius 3 is 2.03 bits per heavy atom. The van der Waals surface area contributed by atoms with Crippen molar-refractivity contribution >= 4 is 55.3 Å². The highest BCUT2D eigenvalue weighted by atomic mass is 32.2. The Labute approximate surface area is 443 Å². The quantitative estimate of drug-likeness (QED) is 0.0188. The van der Waals surface area contributed by atoms with Crippen molar-refractivity contribution in [3.8, 4) is 5.75 Å². The third-order valence-electron chi connectivity index (χ3n) is 13.1. The van der Waals surface area contributed by atoms with Gasteiger partial charge in [0.05, 0.1) is 24.4 Å². The number of methoxy groups -OCH3 is 1. The third kappa shape index (κ3) is 13.5. The molecule has 5 aromatic carbocycles. The fraction of sp³-hybridized carbons (Fsp3) is 0.327. The number of hydrogen-bond acceptors (Lipinski definition) is 14. The van der Waals surface area contributed by atoms with Crippen LogP contribution in [0.25, 0.3) is 0 Å². The molecule has 1 aliphatic heterocycles. The van der Waals surface area contributed by atoms with Crippen LogP contribution in [0, 0.1) is 13.8 Å². The van der Waals surface area contributed by atoms with Crippen molar-refractivity contribution in [3.05, 3.63) is 173 Å². The molecule has 0 aliphatic carbocycles. The van der Waals surface area contributed by atoms with Crippen LogP contribution in [-0.4, -0.2) is 119 Å². The van der Waals surface area contributed by atoms with E-state index in [0.29, 0.717) is 53.6 Å². The number of sulfonamides is 1. The van der Waals surface area contributed by atoms with Crippen LogP contribution in [0.15, 0.2) is 139 Å². The second-order valence-corrected chi connectivity index (χ2v) is 21.8. The lowest BCUT2D eigenvalue weighted by Gasteiger charge is -2.38. The smallest absolute Gasteiger partial charge is 0.325 e. The minimum atomic E-state index is -4.40. The average Bonchev–Trinajstić information content (AvgIpc) is 3.87. The molecule has 0 fully saturated rings. The molecular formula is C55H64N8O11S2. The molecule has 7 rings (SSSR count). The topological polar surface area (TPSA) is 256 Å². The zero-order valence-electron chi connectivity index (χ0n) is 43.0. The summed E-state index contributed by atoms with van der Waals surface area (Å²) in [5.41, 5.74) is 4.65. The normalized spacial score (nSPS) is 14.5. The minimum Gasteiger partial charge on any atom is -0.494 e. The predicted molar refractivity (Wildman–Crippen MR) is 288 cm³/mol. The largest absolute Gasteiger partial charge is 0.494 e. The Morgan fingerprint density at radius 2 is 1.45 bits per heavy atom. The number of amides is 2. The maximum absolute atomic E-state index is 14.0. The number of rotatable bonds is 25. The van der Waals surface area contributed by atoms with Gasteiger partial charge in [-0.1, -0.05) is 97.1 Å². The number of ether oxygens (including phenoxy) is 2. The standard InChI is InChI=1S/C55H64N8O11S2/c1-37-30-44(74-29-15-22-50(65)57-26-25-56-39(3)36-75(68,69)70)31-38(2)51(37)76(71,72)61-46(53(67)73-5)35-59-52(66)48-33-49(64)45-24-23-40(32-47(45)62(48)4)34-60-54-58-27-28-63(54)55(41-16-9-6-10-17-41,42-18-11-7-12-19-42)43-20-13-8-14-21-43/h6-14,16-21,23-24,27-28,30-32,39,46,48,56,61H,15,22,25-26,29,33-36H2,1-5H3,(H,57,65)(H,58,60)(H,59,66)(H,68,69,70)/t39-,46+,48?/m1/s1. The van der Waals surface area contributed by atoms with Crippen LogP contribution in [0.1, 0.15) is 69.9 Å². The summed E-state index contributed by atoms with van der Waals surface area (Å²) in [4.78, 5) is 59.3. The van der Waals surface area contributed by atoms with Gasteiger partial charge >= 0.3 is 5.97 Å². The van der Waals surface area contributed by atoms with E-state index in [2.05, 4.69) is 67.0 Å². The van der Waals surface area contributed by atoms with Crippen molar-refractivity contribution in [2.24, 2.45) is 0 Å². The predicted octanol–water partition coefficient (Wildman–Crippen LogP) is 5.12. The van der Waals surface area contributed by atoms with E-state index in [0.717, 1.165) is 29.4 Å². The highest BCUT2D eigenvalue weighted by Crippen LogP contribution is 2.42. The van der Waals surface area contributed by atoms with Crippen LogP contribution < -0.4 is 35.6 Å². The number of nitrogens with zero attached hydrogens (tertiary/aromatic N) is 3. The van der Waals surface area contributed by atoms with Crippen molar-refractivity contribution in [1.82, 2.24) is 30.2 Å². The van der Waals surface area contributed by atoms with E-state index >= 15 is 0 Å². The maximum atomic E-state index is 14.0. The molecule has 6 aromatic rings. The van der Waals surface area contributed by atoms with E-state index in [1.54, 1.807) is 45.0 Å². The molecule has 2 amide bonds. The van der Waals surface area contributed by atoms with Gasteiger partial charge in [-0.05, 0) is 84.8 Å². The molecule has 0 radical (unpaired) electrons. The number of imidazole rings is 1. The van der Waals surface area contributed by atoms with Gasteiger partial charge in [0.2, 0.25) is 27.8 Å². The minimum absolute atomic E-state index is 0.106. The summed E-state index contributed by atoms with van der Waals surface area (Å²) >= 11 is 0. The van der Waals surface area contributed by atoms with Crippen molar-refractivity contribution in [3.63, 3.8) is 0 Å². The molecule has 1 unspecified atom stereocenters. The van der Waals surface area contributed by atoms with Crippen molar-refractivity contribution in [2.45, 2.75) is 75.1 Å². The van der Waals surface area contributed by atoms with Crippen LogP contribution in [0.2, 0.25) is 0 Å². The second kappa shape index (κ2) is 24.9. The number of hydrogen-bond donors (Lipinski definition) is 6. The zero-order chi connectivity index (χ0) is 54.6. The summed E-state index contributed by atoms with van der Waals surface area (Å²) in [5, 5.41) is 11.8. The van der Waals surface area contributed by atoms with Gasteiger partial charge in [0.1, 0.15) is 23.4 Å². The molecular weight excluding hydrogens is 1010 g/mol. The van der Waals surface area contributed by atoms with E-state index in [1.165, 1.54) is 12.1 Å². The van der Waals surface area contributed by atoms with Gasteiger partial charge in [-0.2, -0.15) is 13.1 Å². The number of esters is 1. The number of anilines is 2. The first-order valence-electron chi connectivity index (χ1n) is 24.7. The van der Waals surface area contributed by atoms with Gasteiger partial charge in [-0.3, -0.25) is 28.3 Å². The molecule has 6 N–H and O–H groups in total. The van der Waals surface area contributed by atoms with Gasteiger partial charge < -0.3 is 35.6 Å². The van der Waals surface area contributed by atoms with Gasteiger partial charge in [0.15, 0.2) is 5.78 Å². The number of ketones is 1. The third-order valence-corrected chi connectivity index (χ3v) is 15.8. The average molecular weight is 1080 g/mol. The highest BCUT2D eigenvalue weighted by Gasteiger charge is 2.40. The Kier molecular flexibility index (Phi) is 18.5. The monoisotopic (exact) mass is 1080 g/mol. The van der Waals surface area contributed by atoms with E-state index in [4.69, 9.17) is 19.0 Å². The van der Waals surface area contributed by atoms with Crippen LogP contribution in [-0.2, 0) is 51.3 Å². The molecule has 3 atom stereocenters. The van der Waals surface area contributed by atoms with Crippen molar-refractivity contribution in [2.75, 3.05) is 56.4 Å².